The Hall–Kier alpha value is -0.430. The molecule has 0 atom stereocenters. The molecule has 5 heteroatoms. The number of H-pyrrole nitrogens is 1. The molecule has 3 nitrogen and oxygen atoms in total. The molecule has 0 aliphatic heterocycles. The topological polar surface area (TPSA) is 41.6 Å². The summed E-state index contributed by atoms with van der Waals surface area (Å²) in [5, 5.41) is 7.12. The number of nitrogens with one attached hydrogen (secondary N) is 1. The zero-order valence-corrected chi connectivity index (χ0v) is 11.8. The van der Waals surface area contributed by atoms with Gasteiger partial charge in [0, 0.05) is 20.0 Å². The molecule has 0 saturated carbocycles. The lowest BCUT2D eigenvalue weighted by Crippen LogP contribution is -1.86. The Morgan fingerprint density at radius 1 is 1.47 bits per heavy atom. The maximum absolute atomic E-state index is 4.41. The van der Waals surface area contributed by atoms with Gasteiger partial charge in [0.25, 0.3) is 0 Å². The van der Waals surface area contributed by atoms with Crippen LogP contribution in [0.2, 0.25) is 0 Å². The lowest BCUT2D eigenvalue weighted by atomic mass is 10.2. The zero-order valence-electron chi connectivity index (χ0n) is 8.09. The molecule has 0 aliphatic carbocycles. The lowest BCUT2D eigenvalue weighted by molar-refractivity contribution is 0.946. The minimum atomic E-state index is 0.762. The summed E-state index contributed by atoms with van der Waals surface area (Å²) in [5.74, 6) is 1.68. The number of rotatable bonds is 2. The van der Waals surface area contributed by atoms with E-state index in [0.717, 1.165) is 31.7 Å². The monoisotopic (exact) mass is 377 g/mol. The molecule has 2 rings (SSSR count). The second-order valence-corrected chi connectivity index (χ2v) is 5.16. The lowest BCUT2D eigenvalue weighted by Gasteiger charge is -1.99. The quantitative estimate of drug-likeness (QED) is 0.815. The van der Waals surface area contributed by atoms with Crippen molar-refractivity contribution in [3.63, 3.8) is 0 Å². The van der Waals surface area contributed by atoms with E-state index in [1.807, 2.05) is 18.2 Å². The largest absolute Gasteiger partial charge is 0.263 e. The van der Waals surface area contributed by atoms with Gasteiger partial charge < -0.3 is 0 Å². The zero-order chi connectivity index (χ0) is 10.8. The van der Waals surface area contributed by atoms with Gasteiger partial charge in [0.15, 0.2) is 5.82 Å². The highest BCUT2D eigenvalue weighted by atomic mass is 127. The van der Waals surface area contributed by atoms with E-state index in [4.69, 9.17) is 0 Å². The Balaban J connectivity index is 2.48. The van der Waals surface area contributed by atoms with Crippen LogP contribution in [0, 0.1) is 3.57 Å². The van der Waals surface area contributed by atoms with Crippen molar-refractivity contribution in [2.24, 2.45) is 0 Å². The molecule has 0 radical (unpaired) electrons. The molecule has 0 saturated heterocycles. The van der Waals surface area contributed by atoms with Crippen LogP contribution in [0.1, 0.15) is 12.7 Å². The number of aryl methyl sites for hydroxylation is 1. The third-order valence-corrected chi connectivity index (χ3v) is 3.47. The van der Waals surface area contributed by atoms with Crippen molar-refractivity contribution in [3.05, 3.63) is 32.1 Å². The molecule has 0 fully saturated rings. The van der Waals surface area contributed by atoms with Crippen molar-refractivity contribution >= 4 is 38.5 Å². The first-order valence-electron chi connectivity index (χ1n) is 4.57. The number of aromatic amines is 1. The summed E-state index contributed by atoms with van der Waals surface area (Å²) in [4.78, 5) is 4.41. The first kappa shape index (κ1) is 11.1. The molecule has 0 unspecified atom stereocenters. The van der Waals surface area contributed by atoms with Gasteiger partial charge in [-0.15, -0.1) is 0 Å². The molecule has 1 aromatic carbocycles. The van der Waals surface area contributed by atoms with Gasteiger partial charge in [-0.1, -0.05) is 22.9 Å². The van der Waals surface area contributed by atoms with Crippen molar-refractivity contribution < 1.29 is 0 Å². The summed E-state index contributed by atoms with van der Waals surface area (Å²) in [6, 6.07) is 6.09. The van der Waals surface area contributed by atoms with Crippen LogP contribution in [0.4, 0.5) is 0 Å². The second-order valence-electron chi connectivity index (χ2n) is 3.08. The van der Waals surface area contributed by atoms with Gasteiger partial charge in [0.1, 0.15) is 5.82 Å². The summed E-state index contributed by atoms with van der Waals surface area (Å²) in [6.07, 6.45) is 0.873. The molecule has 2 aromatic rings. The predicted octanol–water partition coefficient (Wildman–Crippen LogP) is 3.40. The van der Waals surface area contributed by atoms with E-state index in [0.29, 0.717) is 0 Å². The maximum atomic E-state index is 4.41. The molecule has 0 aliphatic rings. The summed E-state index contributed by atoms with van der Waals surface area (Å²) < 4.78 is 2.19. The molecule has 0 spiro atoms. The molecule has 1 heterocycles. The molecule has 78 valence electrons. The van der Waals surface area contributed by atoms with E-state index < -0.39 is 0 Å². The van der Waals surface area contributed by atoms with Crippen molar-refractivity contribution in [1.29, 1.82) is 0 Å². The van der Waals surface area contributed by atoms with Crippen LogP contribution in [0.25, 0.3) is 11.4 Å². The third kappa shape index (κ3) is 2.39. The number of nitrogens with zero attached hydrogens (tertiary/aromatic N) is 2. The van der Waals surface area contributed by atoms with Gasteiger partial charge in [-0.25, -0.2) is 4.98 Å². The van der Waals surface area contributed by atoms with Gasteiger partial charge in [-0.2, -0.15) is 5.10 Å². The number of hydrogen-bond donors (Lipinski definition) is 1. The number of aromatic nitrogens is 3. The van der Waals surface area contributed by atoms with E-state index in [1.165, 1.54) is 0 Å². The molecule has 15 heavy (non-hydrogen) atoms. The molecule has 1 aromatic heterocycles. The minimum Gasteiger partial charge on any atom is -0.263 e. The Bertz CT molecular complexity index is 481. The Kier molecular flexibility index (Phi) is 3.40. The van der Waals surface area contributed by atoms with E-state index in [1.54, 1.807) is 0 Å². The summed E-state index contributed by atoms with van der Waals surface area (Å²) in [7, 11) is 0. The number of benzene rings is 1. The van der Waals surface area contributed by atoms with Gasteiger partial charge in [0.2, 0.25) is 0 Å². The summed E-state index contributed by atoms with van der Waals surface area (Å²) in [5.41, 5.74) is 1.06. The summed E-state index contributed by atoms with van der Waals surface area (Å²) >= 11 is 5.74. The first-order valence-corrected chi connectivity index (χ1v) is 6.44. The van der Waals surface area contributed by atoms with Crippen LogP contribution < -0.4 is 0 Å². The van der Waals surface area contributed by atoms with Crippen LogP contribution in [0.5, 0.6) is 0 Å². The smallest absolute Gasteiger partial charge is 0.182 e. The molecular formula is C10H9BrIN3. The Labute approximate surface area is 110 Å². The van der Waals surface area contributed by atoms with Crippen molar-refractivity contribution in [3.8, 4) is 11.4 Å². The third-order valence-electron chi connectivity index (χ3n) is 2.04. The number of halogens is 2. The van der Waals surface area contributed by atoms with Crippen molar-refractivity contribution in [2.75, 3.05) is 0 Å². The maximum Gasteiger partial charge on any atom is 0.182 e. The molecule has 0 amide bonds. The van der Waals surface area contributed by atoms with Crippen LogP contribution in [-0.4, -0.2) is 15.2 Å². The van der Waals surface area contributed by atoms with Gasteiger partial charge in [0.05, 0.1) is 0 Å². The first-order chi connectivity index (χ1) is 7.20. The van der Waals surface area contributed by atoms with E-state index in [-0.39, 0.29) is 0 Å². The summed E-state index contributed by atoms with van der Waals surface area (Å²) in [6.45, 7) is 2.05. The SMILES string of the molecule is CCc1nc(-c2cc(Br)ccc2I)n[nH]1. The van der Waals surface area contributed by atoms with E-state index in [2.05, 4.69) is 60.6 Å². The van der Waals surface area contributed by atoms with Crippen LogP contribution >= 0.6 is 38.5 Å². The minimum absolute atomic E-state index is 0.762. The highest BCUT2D eigenvalue weighted by Gasteiger charge is 2.08. The van der Waals surface area contributed by atoms with Gasteiger partial charge >= 0.3 is 0 Å². The van der Waals surface area contributed by atoms with Gasteiger partial charge in [-0.3, -0.25) is 5.10 Å². The standard InChI is InChI=1S/C10H9BrIN3/c1-2-9-13-10(15-14-9)7-5-6(11)3-4-8(7)12/h3-5H,2H2,1H3,(H,13,14,15). The molecule has 0 bridgehead atoms. The molecular weight excluding hydrogens is 369 g/mol. The fourth-order valence-electron chi connectivity index (χ4n) is 1.24. The van der Waals surface area contributed by atoms with Crippen LogP contribution in [-0.2, 0) is 6.42 Å². The fraction of sp³-hybridized carbons (Fsp3) is 0.200. The average Bonchev–Trinajstić information content (AvgIpc) is 2.70. The van der Waals surface area contributed by atoms with Gasteiger partial charge in [-0.05, 0) is 40.8 Å². The highest BCUT2D eigenvalue weighted by molar-refractivity contribution is 14.1. The molecule has 1 N–H and O–H groups in total. The normalized spacial score (nSPS) is 10.6. The van der Waals surface area contributed by atoms with Crippen LogP contribution in [0.3, 0.4) is 0 Å². The van der Waals surface area contributed by atoms with E-state index in [9.17, 15) is 0 Å². The number of hydrogen-bond acceptors (Lipinski definition) is 2. The Morgan fingerprint density at radius 3 is 2.93 bits per heavy atom. The van der Waals surface area contributed by atoms with Crippen molar-refractivity contribution in [2.45, 2.75) is 13.3 Å². The highest BCUT2D eigenvalue weighted by Crippen LogP contribution is 2.25. The fourth-order valence-corrected chi connectivity index (χ4v) is 2.18. The average molecular weight is 378 g/mol. The predicted molar refractivity (Wildman–Crippen MR) is 71.6 cm³/mol. The van der Waals surface area contributed by atoms with E-state index >= 15 is 0 Å². The van der Waals surface area contributed by atoms with Crippen molar-refractivity contribution in [1.82, 2.24) is 15.2 Å². The Morgan fingerprint density at radius 2 is 2.27 bits per heavy atom. The van der Waals surface area contributed by atoms with Crippen LogP contribution in [0.15, 0.2) is 22.7 Å². The second kappa shape index (κ2) is 4.61.